The summed E-state index contributed by atoms with van der Waals surface area (Å²) in [6.45, 7) is 13.8. The van der Waals surface area contributed by atoms with E-state index in [0.29, 0.717) is 19.1 Å². The van der Waals surface area contributed by atoms with E-state index in [4.69, 9.17) is 10.5 Å². The van der Waals surface area contributed by atoms with E-state index in [1.807, 2.05) is 0 Å². The Morgan fingerprint density at radius 3 is 2.26 bits per heavy atom. The van der Waals surface area contributed by atoms with E-state index in [2.05, 4.69) is 39.6 Å². The molecule has 4 nitrogen and oxygen atoms in total. The van der Waals surface area contributed by atoms with Crippen molar-refractivity contribution in [2.24, 2.45) is 11.1 Å². The number of nitrogens with zero attached hydrogens (tertiary/aromatic N) is 1. The first-order valence-electron chi connectivity index (χ1n) is 7.18. The van der Waals surface area contributed by atoms with E-state index in [-0.39, 0.29) is 11.4 Å². The third kappa shape index (κ3) is 6.39. The summed E-state index contributed by atoms with van der Waals surface area (Å²) in [4.78, 5) is 14.0. The Hall–Kier alpha value is -0.610. The van der Waals surface area contributed by atoms with Crippen molar-refractivity contribution in [1.29, 1.82) is 0 Å². The Balaban J connectivity index is 4.19. The van der Waals surface area contributed by atoms with Gasteiger partial charge in [-0.1, -0.05) is 20.8 Å². The van der Waals surface area contributed by atoms with Gasteiger partial charge in [-0.15, -0.1) is 0 Å². The van der Waals surface area contributed by atoms with Gasteiger partial charge in [0.15, 0.2) is 0 Å². The molecule has 0 aromatic carbocycles. The molecule has 0 spiro atoms. The quantitative estimate of drug-likeness (QED) is 0.723. The number of ether oxygens (including phenoxy) is 1. The summed E-state index contributed by atoms with van der Waals surface area (Å²) in [5.74, 6) is -0.304. The predicted molar refractivity (Wildman–Crippen MR) is 80.0 cm³/mol. The number of esters is 1. The van der Waals surface area contributed by atoms with Gasteiger partial charge in [-0.3, -0.25) is 4.79 Å². The highest BCUT2D eigenvalue weighted by Gasteiger charge is 2.30. The van der Waals surface area contributed by atoms with E-state index in [0.717, 1.165) is 13.0 Å². The highest BCUT2D eigenvalue weighted by molar-refractivity contribution is 5.79. The standard InChI is InChI=1S/C15H32N2O2/c1-8-19-13(18)15(6,16)10-9-11-17(7)12(2)14(3,4)5/h12H,8-11,16H2,1-7H3. The minimum atomic E-state index is -0.873. The molecule has 0 amide bonds. The van der Waals surface area contributed by atoms with Crippen molar-refractivity contribution in [3.63, 3.8) is 0 Å². The van der Waals surface area contributed by atoms with Crippen LogP contribution in [-0.4, -0.2) is 42.6 Å². The van der Waals surface area contributed by atoms with Crippen LogP contribution in [0.1, 0.15) is 54.4 Å². The van der Waals surface area contributed by atoms with Gasteiger partial charge in [0.05, 0.1) is 6.61 Å². The summed E-state index contributed by atoms with van der Waals surface area (Å²) < 4.78 is 4.99. The highest BCUT2D eigenvalue weighted by Crippen LogP contribution is 2.23. The van der Waals surface area contributed by atoms with Crippen molar-refractivity contribution < 1.29 is 9.53 Å². The Labute approximate surface area is 118 Å². The summed E-state index contributed by atoms with van der Waals surface area (Å²) in [6, 6.07) is 0.485. The molecular formula is C15H32N2O2. The maximum Gasteiger partial charge on any atom is 0.325 e. The molecule has 0 fully saturated rings. The van der Waals surface area contributed by atoms with Crippen LogP contribution in [0, 0.1) is 5.41 Å². The van der Waals surface area contributed by atoms with Gasteiger partial charge >= 0.3 is 5.97 Å². The van der Waals surface area contributed by atoms with Crippen LogP contribution >= 0.6 is 0 Å². The van der Waals surface area contributed by atoms with Gasteiger partial charge in [0.1, 0.15) is 5.54 Å². The van der Waals surface area contributed by atoms with Crippen molar-refractivity contribution in [3.05, 3.63) is 0 Å². The normalized spacial score (nSPS) is 17.1. The summed E-state index contributed by atoms with van der Waals surface area (Å²) in [5, 5.41) is 0. The Bertz CT molecular complexity index is 282. The topological polar surface area (TPSA) is 55.6 Å². The van der Waals surface area contributed by atoms with E-state index >= 15 is 0 Å². The second kappa shape index (κ2) is 7.25. The number of hydrogen-bond donors (Lipinski definition) is 1. The fourth-order valence-electron chi connectivity index (χ4n) is 1.95. The van der Waals surface area contributed by atoms with Crippen molar-refractivity contribution in [3.8, 4) is 0 Å². The zero-order valence-corrected chi connectivity index (χ0v) is 13.7. The van der Waals surface area contributed by atoms with Crippen molar-refractivity contribution >= 4 is 5.97 Å². The second-order valence-corrected chi connectivity index (χ2v) is 6.76. The molecular weight excluding hydrogens is 240 g/mol. The molecule has 2 unspecified atom stereocenters. The molecule has 2 atom stereocenters. The average Bonchev–Trinajstić information content (AvgIpc) is 2.26. The third-order valence-electron chi connectivity index (χ3n) is 3.86. The molecule has 0 saturated heterocycles. The van der Waals surface area contributed by atoms with Crippen LogP contribution in [0.4, 0.5) is 0 Å². The van der Waals surface area contributed by atoms with Gasteiger partial charge < -0.3 is 15.4 Å². The van der Waals surface area contributed by atoms with Gasteiger partial charge in [-0.25, -0.2) is 0 Å². The van der Waals surface area contributed by atoms with Crippen molar-refractivity contribution in [2.75, 3.05) is 20.2 Å². The molecule has 0 radical (unpaired) electrons. The first-order chi connectivity index (χ1) is 8.52. The molecule has 0 aliphatic carbocycles. The van der Waals surface area contributed by atoms with E-state index in [9.17, 15) is 4.79 Å². The van der Waals surface area contributed by atoms with Crippen LogP contribution in [0.3, 0.4) is 0 Å². The number of carbonyl (C=O) groups excluding carboxylic acids is 1. The second-order valence-electron chi connectivity index (χ2n) is 6.76. The van der Waals surface area contributed by atoms with Gasteiger partial charge in [0.25, 0.3) is 0 Å². The fraction of sp³-hybridized carbons (Fsp3) is 0.933. The van der Waals surface area contributed by atoms with Gasteiger partial charge in [0, 0.05) is 6.04 Å². The zero-order chi connectivity index (χ0) is 15.3. The van der Waals surface area contributed by atoms with Crippen LogP contribution in [0.15, 0.2) is 0 Å². The van der Waals surface area contributed by atoms with E-state index < -0.39 is 5.54 Å². The van der Waals surface area contributed by atoms with Gasteiger partial charge in [-0.05, 0) is 52.6 Å². The summed E-state index contributed by atoms with van der Waals surface area (Å²) in [5.41, 5.74) is 5.38. The molecule has 19 heavy (non-hydrogen) atoms. The lowest BCUT2D eigenvalue weighted by atomic mass is 9.87. The minimum Gasteiger partial charge on any atom is -0.465 e. The van der Waals surface area contributed by atoms with Gasteiger partial charge in [-0.2, -0.15) is 0 Å². The number of carbonyl (C=O) groups is 1. The van der Waals surface area contributed by atoms with Crippen molar-refractivity contribution in [1.82, 2.24) is 4.90 Å². The molecule has 2 N–H and O–H groups in total. The van der Waals surface area contributed by atoms with E-state index in [1.54, 1.807) is 13.8 Å². The fourth-order valence-corrected chi connectivity index (χ4v) is 1.95. The molecule has 0 heterocycles. The monoisotopic (exact) mass is 272 g/mol. The molecule has 4 heteroatoms. The molecule has 0 saturated carbocycles. The minimum absolute atomic E-state index is 0.252. The summed E-state index contributed by atoms with van der Waals surface area (Å²) >= 11 is 0. The summed E-state index contributed by atoms with van der Waals surface area (Å²) in [7, 11) is 2.12. The molecule has 0 aromatic rings. The smallest absolute Gasteiger partial charge is 0.325 e. The molecule has 0 aliphatic rings. The maximum atomic E-state index is 11.7. The number of rotatable bonds is 7. The first-order valence-corrected chi connectivity index (χ1v) is 7.18. The lowest BCUT2D eigenvalue weighted by Crippen LogP contribution is -2.47. The highest BCUT2D eigenvalue weighted by atomic mass is 16.5. The summed E-state index contributed by atoms with van der Waals surface area (Å²) in [6.07, 6.45) is 1.54. The van der Waals surface area contributed by atoms with Crippen LogP contribution in [0.5, 0.6) is 0 Å². The average molecular weight is 272 g/mol. The third-order valence-corrected chi connectivity index (χ3v) is 3.86. The molecule has 0 aliphatic heterocycles. The SMILES string of the molecule is CCOC(=O)C(C)(N)CCCN(C)C(C)C(C)(C)C. The molecule has 114 valence electrons. The van der Waals surface area contributed by atoms with Crippen LogP contribution < -0.4 is 5.73 Å². The van der Waals surface area contributed by atoms with Crippen molar-refractivity contribution in [2.45, 2.75) is 66.0 Å². The maximum absolute atomic E-state index is 11.7. The first kappa shape index (κ1) is 18.4. The number of nitrogens with two attached hydrogens (primary N) is 1. The van der Waals surface area contributed by atoms with E-state index in [1.165, 1.54) is 0 Å². The number of hydrogen-bond acceptors (Lipinski definition) is 4. The van der Waals surface area contributed by atoms with Crippen LogP contribution in [0.2, 0.25) is 0 Å². The zero-order valence-electron chi connectivity index (χ0n) is 13.7. The lowest BCUT2D eigenvalue weighted by Gasteiger charge is -2.35. The molecule has 0 aromatic heterocycles. The van der Waals surface area contributed by atoms with Gasteiger partial charge in [0.2, 0.25) is 0 Å². The van der Waals surface area contributed by atoms with Crippen LogP contribution in [0.25, 0.3) is 0 Å². The molecule has 0 rings (SSSR count). The van der Waals surface area contributed by atoms with Crippen LogP contribution in [-0.2, 0) is 9.53 Å². The molecule has 0 bridgehead atoms. The Morgan fingerprint density at radius 1 is 1.32 bits per heavy atom. The predicted octanol–water partition coefficient (Wildman–Crippen LogP) is 2.41. The largest absolute Gasteiger partial charge is 0.465 e. The Morgan fingerprint density at radius 2 is 1.84 bits per heavy atom. The Kier molecular flexibility index (Phi) is 7.01. The lowest BCUT2D eigenvalue weighted by molar-refractivity contribution is -0.149.